The summed E-state index contributed by atoms with van der Waals surface area (Å²) in [5, 5.41) is 7.51. The van der Waals surface area contributed by atoms with Crippen molar-refractivity contribution in [3.05, 3.63) is 85.9 Å². The molecule has 1 aromatic carbocycles. The summed E-state index contributed by atoms with van der Waals surface area (Å²) < 4.78 is 4.18. The van der Waals surface area contributed by atoms with Crippen LogP contribution in [-0.2, 0) is 20.6 Å². The molecule has 3 aromatic heterocycles. The van der Waals surface area contributed by atoms with Crippen LogP contribution in [0.3, 0.4) is 0 Å². The minimum atomic E-state index is -0.493. The number of pyridine rings is 1. The molecule has 1 amide bonds. The predicted molar refractivity (Wildman–Crippen MR) is 117 cm³/mol. The molecule has 0 atom stereocenters. The highest BCUT2D eigenvalue weighted by Gasteiger charge is 2.14. The third-order valence-electron chi connectivity index (χ3n) is 5.18. The molecule has 4 aromatic rings. The maximum Gasteiger partial charge on any atom is 0.332 e. The maximum atomic E-state index is 12.8. The first kappa shape index (κ1) is 20.3. The molecule has 0 aliphatic rings. The smallest absolute Gasteiger partial charge is 0.322 e. The molecule has 0 aliphatic carbocycles. The Bertz CT molecular complexity index is 1440. The molecule has 0 radical (unpaired) electrons. The van der Waals surface area contributed by atoms with Crippen LogP contribution in [0, 0.1) is 13.8 Å². The second-order valence-electron chi connectivity index (χ2n) is 7.54. The van der Waals surface area contributed by atoms with E-state index in [2.05, 4.69) is 15.4 Å². The van der Waals surface area contributed by atoms with Crippen LogP contribution in [0.25, 0.3) is 11.0 Å². The van der Waals surface area contributed by atoms with Gasteiger partial charge in [-0.2, -0.15) is 5.10 Å². The van der Waals surface area contributed by atoms with Crippen molar-refractivity contribution in [1.29, 1.82) is 0 Å². The molecule has 9 nitrogen and oxygen atoms in total. The number of fused-ring (bicyclic) bond motifs is 1. The molecule has 0 bridgehead atoms. The van der Waals surface area contributed by atoms with E-state index in [1.165, 1.54) is 30.9 Å². The molecular weight excluding hydrogens is 396 g/mol. The van der Waals surface area contributed by atoms with Gasteiger partial charge >= 0.3 is 5.69 Å². The largest absolute Gasteiger partial charge is 0.332 e. The lowest BCUT2D eigenvalue weighted by atomic mass is 10.1. The van der Waals surface area contributed by atoms with Gasteiger partial charge in [0.25, 0.3) is 11.5 Å². The third kappa shape index (κ3) is 3.77. The fourth-order valence-electron chi connectivity index (χ4n) is 3.55. The number of amides is 1. The van der Waals surface area contributed by atoms with Crippen molar-refractivity contribution in [3.63, 3.8) is 0 Å². The Morgan fingerprint density at radius 1 is 1.06 bits per heavy atom. The van der Waals surface area contributed by atoms with E-state index in [-0.39, 0.29) is 16.6 Å². The Morgan fingerprint density at radius 3 is 2.55 bits per heavy atom. The van der Waals surface area contributed by atoms with E-state index in [9.17, 15) is 14.4 Å². The van der Waals surface area contributed by atoms with Crippen molar-refractivity contribution in [2.24, 2.45) is 14.1 Å². The van der Waals surface area contributed by atoms with Gasteiger partial charge in [0.15, 0.2) is 0 Å². The van der Waals surface area contributed by atoms with Gasteiger partial charge in [0.05, 0.1) is 23.2 Å². The number of hydrogen-bond acceptors (Lipinski definition) is 5. The normalized spacial score (nSPS) is 11.1. The average Bonchev–Trinajstić information content (AvgIpc) is 3.07. The Hall–Kier alpha value is -4.01. The first-order valence-electron chi connectivity index (χ1n) is 9.71. The van der Waals surface area contributed by atoms with Crippen molar-refractivity contribution >= 4 is 22.6 Å². The third-order valence-corrected chi connectivity index (χ3v) is 5.18. The molecule has 0 fully saturated rings. The number of aromatic nitrogens is 5. The summed E-state index contributed by atoms with van der Waals surface area (Å²) in [6, 6.07) is 11.0. The van der Waals surface area contributed by atoms with Gasteiger partial charge in [-0.1, -0.05) is 12.1 Å². The van der Waals surface area contributed by atoms with E-state index >= 15 is 0 Å². The molecule has 0 unspecified atom stereocenters. The highest BCUT2D eigenvalue weighted by molar-refractivity contribution is 6.05. The molecule has 4 rings (SSSR count). The summed E-state index contributed by atoms with van der Waals surface area (Å²) in [6.07, 6.45) is 1.36. The van der Waals surface area contributed by atoms with E-state index in [0.717, 1.165) is 21.5 Å². The van der Waals surface area contributed by atoms with E-state index in [4.69, 9.17) is 0 Å². The summed E-state index contributed by atoms with van der Waals surface area (Å²) in [5.41, 5.74) is 3.12. The molecule has 0 saturated heterocycles. The zero-order chi connectivity index (χ0) is 22.3. The Labute approximate surface area is 177 Å². The second kappa shape index (κ2) is 7.67. The van der Waals surface area contributed by atoms with Crippen LogP contribution in [-0.4, -0.2) is 29.8 Å². The number of aryl methyl sites for hydroxylation is 3. The molecule has 158 valence electrons. The first-order valence-corrected chi connectivity index (χ1v) is 9.71. The van der Waals surface area contributed by atoms with Gasteiger partial charge in [-0.25, -0.2) is 9.78 Å². The van der Waals surface area contributed by atoms with Gasteiger partial charge < -0.3 is 5.32 Å². The van der Waals surface area contributed by atoms with Gasteiger partial charge in [-0.15, -0.1) is 0 Å². The maximum absolute atomic E-state index is 12.8. The molecule has 31 heavy (non-hydrogen) atoms. The number of rotatable bonds is 4. The van der Waals surface area contributed by atoms with Crippen LogP contribution in [0.5, 0.6) is 0 Å². The lowest BCUT2D eigenvalue weighted by Gasteiger charge is -2.10. The fraction of sp³-hybridized carbons (Fsp3) is 0.227. The van der Waals surface area contributed by atoms with Crippen LogP contribution in [0.15, 0.2) is 52.2 Å². The fourth-order valence-corrected chi connectivity index (χ4v) is 3.55. The quantitative estimate of drug-likeness (QED) is 0.544. The standard InChI is InChI=1S/C22H22N6O3/c1-13-8-14(2)28(25-13)12-15-6-5-7-17(9-15)24-20(29)16-10-18-19(23-11-16)26(3)22(31)27(4)21(18)30/h5-11H,12H2,1-4H3,(H,24,29). The zero-order valence-electron chi connectivity index (χ0n) is 17.7. The van der Waals surface area contributed by atoms with E-state index < -0.39 is 17.2 Å². The first-order chi connectivity index (χ1) is 14.7. The highest BCUT2D eigenvalue weighted by Crippen LogP contribution is 2.15. The highest BCUT2D eigenvalue weighted by atomic mass is 16.2. The van der Waals surface area contributed by atoms with Gasteiger partial charge in [-0.05, 0) is 43.7 Å². The van der Waals surface area contributed by atoms with Crippen LogP contribution in [0.4, 0.5) is 5.69 Å². The van der Waals surface area contributed by atoms with Crippen LogP contribution in [0.2, 0.25) is 0 Å². The lowest BCUT2D eigenvalue weighted by molar-refractivity contribution is 0.102. The van der Waals surface area contributed by atoms with Crippen LogP contribution >= 0.6 is 0 Å². The Morgan fingerprint density at radius 2 is 1.84 bits per heavy atom. The van der Waals surface area contributed by atoms with Crippen molar-refractivity contribution in [3.8, 4) is 0 Å². The minimum Gasteiger partial charge on any atom is -0.322 e. The number of nitrogens with zero attached hydrogens (tertiary/aromatic N) is 5. The predicted octanol–water partition coefficient (Wildman–Crippen LogP) is 1.75. The molecule has 3 heterocycles. The van der Waals surface area contributed by atoms with Crippen molar-refractivity contribution in [1.82, 2.24) is 23.9 Å². The summed E-state index contributed by atoms with van der Waals surface area (Å²) in [5.74, 6) is -0.395. The summed E-state index contributed by atoms with van der Waals surface area (Å²) in [7, 11) is 2.93. The summed E-state index contributed by atoms with van der Waals surface area (Å²) >= 11 is 0. The zero-order valence-corrected chi connectivity index (χ0v) is 17.7. The van der Waals surface area contributed by atoms with Gasteiger partial charge in [0.1, 0.15) is 5.65 Å². The van der Waals surface area contributed by atoms with Crippen molar-refractivity contribution < 1.29 is 4.79 Å². The Kier molecular flexibility index (Phi) is 5.02. The number of hydrogen-bond donors (Lipinski definition) is 1. The van der Waals surface area contributed by atoms with Gasteiger partial charge in [-0.3, -0.25) is 23.4 Å². The minimum absolute atomic E-state index is 0.204. The van der Waals surface area contributed by atoms with Crippen molar-refractivity contribution in [2.75, 3.05) is 5.32 Å². The molecule has 1 N–H and O–H groups in total. The number of anilines is 1. The van der Waals surface area contributed by atoms with Gasteiger partial charge in [0, 0.05) is 31.7 Å². The number of nitrogens with one attached hydrogen (secondary N) is 1. The topological polar surface area (TPSA) is 104 Å². The van der Waals surface area contributed by atoms with Gasteiger partial charge in [0.2, 0.25) is 0 Å². The molecule has 0 spiro atoms. The van der Waals surface area contributed by atoms with Crippen LogP contribution < -0.4 is 16.6 Å². The van der Waals surface area contributed by atoms with E-state index in [1.807, 2.05) is 42.8 Å². The lowest BCUT2D eigenvalue weighted by Crippen LogP contribution is -2.37. The second-order valence-corrected chi connectivity index (χ2v) is 7.54. The molecule has 9 heteroatoms. The van der Waals surface area contributed by atoms with Crippen molar-refractivity contribution in [2.45, 2.75) is 20.4 Å². The SMILES string of the molecule is Cc1cc(C)n(Cc2cccc(NC(=O)c3cnc4c(c3)c(=O)n(C)c(=O)n4C)c2)n1. The number of benzene rings is 1. The molecule has 0 saturated carbocycles. The average molecular weight is 418 g/mol. The van der Waals surface area contributed by atoms with E-state index in [1.54, 1.807) is 6.07 Å². The number of carbonyl (C=O) groups is 1. The van der Waals surface area contributed by atoms with E-state index in [0.29, 0.717) is 12.2 Å². The summed E-state index contributed by atoms with van der Waals surface area (Å²) in [6.45, 7) is 4.53. The summed E-state index contributed by atoms with van der Waals surface area (Å²) in [4.78, 5) is 41.5. The molecular formula is C22H22N6O3. The molecule has 0 aliphatic heterocycles. The monoisotopic (exact) mass is 418 g/mol. The van der Waals surface area contributed by atoms with Crippen LogP contribution in [0.1, 0.15) is 27.3 Å². The number of carbonyl (C=O) groups excluding carboxylic acids is 1. The Balaban J connectivity index is 1.61.